The van der Waals surface area contributed by atoms with Crippen molar-refractivity contribution in [3.8, 4) is 5.75 Å². The summed E-state index contributed by atoms with van der Waals surface area (Å²) in [7, 11) is 0. The van der Waals surface area contributed by atoms with Crippen LogP contribution in [0.2, 0.25) is 0 Å². The molecule has 0 aromatic heterocycles. The molecule has 2 atom stereocenters. The molecule has 3 aliphatic rings. The third kappa shape index (κ3) is 3.99. The van der Waals surface area contributed by atoms with E-state index >= 15 is 0 Å². The fourth-order valence-corrected chi connectivity index (χ4v) is 5.55. The summed E-state index contributed by atoms with van der Waals surface area (Å²) in [6.07, 6.45) is 3.40. The van der Waals surface area contributed by atoms with Crippen LogP contribution in [-0.4, -0.2) is 47.2 Å². The summed E-state index contributed by atoms with van der Waals surface area (Å²) in [6.45, 7) is 3.57. The quantitative estimate of drug-likeness (QED) is 0.643. The largest absolute Gasteiger partial charge is 0.494 e. The first kappa shape index (κ1) is 21.6. The third-order valence-electron chi connectivity index (χ3n) is 6.15. The van der Waals surface area contributed by atoms with E-state index in [1.807, 2.05) is 42.7 Å². The molecule has 0 saturated carbocycles. The van der Waals surface area contributed by atoms with Crippen LogP contribution in [0.25, 0.3) is 0 Å². The summed E-state index contributed by atoms with van der Waals surface area (Å²) in [5.41, 5.74) is 2.36. The number of carbonyl (C=O) groups is 3. The second kappa shape index (κ2) is 8.94. The van der Waals surface area contributed by atoms with Crippen LogP contribution in [0.1, 0.15) is 25.3 Å². The molecule has 0 N–H and O–H groups in total. The van der Waals surface area contributed by atoms with Gasteiger partial charge in [-0.15, -0.1) is 11.8 Å². The van der Waals surface area contributed by atoms with Crippen LogP contribution in [0, 0.1) is 0 Å². The normalized spacial score (nSPS) is 22.3. The second-order valence-corrected chi connectivity index (χ2v) is 9.25. The molecule has 7 nitrogen and oxygen atoms in total. The molecule has 3 aliphatic heterocycles. The van der Waals surface area contributed by atoms with E-state index in [-0.39, 0.29) is 29.1 Å². The number of nitrogens with zero attached hydrogens (tertiary/aromatic N) is 3. The number of hydrogen-bond acceptors (Lipinski definition) is 5. The number of imide groups is 1. The highest BCUT2D eigenvalue weighted by atomic mass is 32.2. The Morgan fingerprint density at radius 3 is 2.39 bits per heavy atom. The minimum Gasteiger partial charge on any atom is -0.494 e. The molecule has 4 amide bonds. The van der Waals surface area contributed by atoms with E-state index in [0.717, 1.165) is 24.2 Å². The average Bonchev–Trinajstić information content (AvgIpc) is 3.48. The zero-order valence-corrected chi connectivity index (χ0v) is 19.2. The lowest BCUT2D eigenvalue weighted by Crippen LogP contribution is -2.61. The first-order valence-corrected chi connectivity index (χ1v) is 12.1. The Morgan fingerprint density at radius 2 is 1.73 bits per heavy atom. The average molecular weight is 464 g/mol. The summed E-state index contributed by atoms with van der Waals surface area (Å²) in [6, 6.07) is 14.2. The monoisotopic (exact) mass is 463 g/mol. The molecule has 2 aromatic rings. The van der Waals surface area contributed by atoms with Crippen molar-refractivity contribution >= 4 is 41.0 Å². The van der Waals surface area contributed by atoms with Gasteiger partial charge in [0.15, 0.2) is 0 Å². The minimum absolute atomic E-state index is 0.148. The molecule has 3 heterocycles. The van der Waals surface area contributed by atoms with Crippen molar-refractivity contribution in [3.05, 3.63) is 65.6 Å². The van der Waals surface area contributed by atoms with E-state index in [1.165, 1.54) is 16.7 Å². The molecule has 0 spiro atoms. The molecule has 170 valence electrons. The highest BCUT2D eigenvalue weighted by molar-refractivity contribution is 8.03. The zero-order valence-electron chi connectivity index (χ0n) is 18.3. The number of hydrogen-bond donors (Lipinski definition) is 0. The number of amides is 4. The van der Waals surface area contributed by atoms with Gasteiger partial charge < -0.3 is 14.5 Å². The van der Waals surface area contributed by atoms with Crippen molar-refractivity contribution in [1.82, 2.24) is 4.90 Å². The van der Waals surface area contributed by atoms with Crippen molar-refractivity contribution in [2.45, 2.75) is 37.6 Å². The molecule has 2 saturated heterocycles. The van der Waals surface area contributed by atoms with E-state index < -0.39 is 0 Å². The standard InChI is InChI=1S/C25H25N3O4S/c1-2-32-20-11-9-19(10-12-20)28-24(30)23-21(13-15-33-23)27(25(28)31)16-17-5-7-18(8-6-17)26-14-3-4-22(26)29/h5-13,15,21,23H,2-4,14,16H2,1H3. The topological polar surface area (TPSA) is 70.2 Å². The molecule has 2 fully saturated rings. The van der Waals surface area contributed by atoms with Gasteiger partial charge in [0.25, 0.3) is 5.91 Å². The molecule has 8 heteroatoms. The van der Waals surface area contributed by atoms with Gasteiger partial charge in [-0.05, 0) is 60.7 Å². The van der Waals surface area contributed by atoms with Gasteiger partial charge in [-0.1, -0.05) is 18.2 Å². The molecule has 0 radical (unpaired) electrons. The van der Waals surface area contributed by atoms with Gasteiger partial charge in [0.1, 0.15) is 11.0 Å². The van der Waals surface area contributed by atoms with Gasteiger partial charge in [-0.2, -0.15) is 0 Å². The van der Waals surface area contributed by atoms with Crippen LogP contribution in [0.3, 0.4) is 0 Å². The van der Waals surface area contributed by atoms with Crippen LogP contribution < -0.4 is 14.5 Å². The Balaban J connectivity index is 1.39. The maximum absolute atomic E-state index is 13.5. The summed E-state index contributed by atoms with van der Waals surface area (Å²) in [5, 5.41) is 1.54. The predicted octanol–water partition coefficient (Wildman–Crippen LogP) is 4.18. The Bertz CT molecular complexity index is 1100. The van der Waals surface area contributed by atoms with E-state index in [2.05, 4.69) is 0 Å². The van der Waals surface area contributed by atoms with Crippen molar-refractivity contribution in [3.63, 3.8) is 0 Å². The summed E-state index contributed by atoms with van der Waals surface area (Å²) in [4.78, 5) is 43.6. The predicted molar refractivity (Wildman–Crippen MR) is 128 cm³/mol. The molecule has 0 aliphatic carbocycles. The Labute approximate surface area is 197 Å². The number of carbonyl (C=O) groups excluding carboxylic acids is 3. The van der Waals surface area contributed by atoms with Crippen molar-refractivity contribution in [1.29, 1.82) is 0 Å². The van der Waals surface area contributed by atoms with E-state index in [1.54, 1.807) is 34.1 Å². The number of rotatable bonds is 6. The highest BCUT2D eigenvalue weighted by Crippen LogP contribution is 2.37. The van der Waals surface area contributed by atoms with Crippen LogP contribution in [0.15, 0.2) is 60.0 Å². The molecule has 33 heavy (non-hydrogen) atoms. The molecule has 0 bridgehead atoms. The Morgan fingerprint density at radius 1 is 1.00 bits per heavy atom. The third-order valence-corrected chi connectivity index (χ3v) is 7.24. The smallest absolute Gasteiger partial charge is 0.332 e. The second-order valence-electron chi connectivity index (χ2n) is 8.20. The number of benzene rings is 2. The molecular formula is C25H25N3O4S. The number of thioether (sulfide) groups is 1. The van der Waals surface area contributed by atoms with Gasteiger partial charge in [0.2, 0.25) is 5.91 Å². The first-order valence-electron chi connectivity index (χ1n) is 11.2. The Kier molecular flexibility index (Phi) is 5.85. The van der Waals surface area contributed by atoms with Gasteiger partial charge in [0.05, 0.1) is 18.3 Å². The fraction of sp³-hybridized carbons (Fsp3) is 0.320. The van der Waals surface area contributed by atoms with E-state index in [0.29, 0.717) is 31.0 Å². The summed E-state index contributed by atoms with van der Waals surface area (Å²) >= 11 is 1.45. The minimum atomic E-state index is -0.365. The van der Waals surface area contributed by atoms with Crippen LogP contribution in [0.4, 0.5) is 16.2 Å². The lowest BCUT2D eigenvalue weighted by Gasteiger charge is -2.41. The van der Waals surface area contributed by atoms with E-state index in [9.17, 15) is 14.4 Å². The molecule has 2 unspecified atom stereocenters. The number of urea groups is 1. The maximum Gasteiger partial charge on any atom is 0.332 e. The van der Waals surface area contributed by atoms with Gasteiger partial charge >= 0.3 is 6.03 Å². The lowest BCUT2D eigenvalue weighted by atomic mass is 10.1. The van der Waals surface area contributed by atoms with Crippen molar-refractivity contribution in [2.75, 3.05) is 23.0 Å². The first-order chi connectivity index (χ1) is 16.1. The van der Waals surface area contributed by atoms with Crippen molar-refractivity contribution < 1.29 is 19.1 Å². The van der Waals surface area contributed by atoms with Crippen LogP contribution in [-0.2, 0) is 16.1 Å². The maximum atomic E-state index is 13.5. The van der Waals surface area contributed by atoms with Crippen molar-refractivity contribution in [2.24, 2.45) is 0 Å². The molecule has 5 rings (SSSR count). The fourth-order valence-electron chi connectivity index (χ4n) is 4.51. The summed E-state index contributed by atoms with van der Waals surface area (Å²) < 4.78 is 5.49. The number of fused-ring (bicyclic) bond motifs is 1. The number of anilines is 2. The number of ether oxygens (including phenoxy) is 1. The molecule has 2 aromatic carbocycles. The van der Waals surface area contributed by atoms with E-state index in [4.69, 9.17) is 4.74 Å². The van der Waals surface area contributed by atoms with Gasteiger partial charge in [-0.25, -0.2) is 9.69 Å². The van der Waals surface area contributed by atoms with Crippen LogP contribution in [0.5, 0.6) is 5.75 Å². The zero-order chi connectivity index (χ0) is 22.9. The van der Waals surface area contributed by atoms with Crippen LogP contribution >= 0.6 is 11.8 Å². The Hall–Kier alpha value is -3.26. The van der Waals surface area contributed by atoms with Gasteiger partial charge in [-0.3, -0.25) is 9.59 Å². The summed E-state index contributed by atoms with van der Waals surface area (Å²) in [5.74, 6) is 0.638. The lowest BCUT2D eigenvalue weighted by molar-refractivity contribution is -0.119. The SMILES string of the molecule is CCOc1ccc(N2C(=O)C3SC=CC3N(Cc3ccc(N4CCCC4=O)cc3)C2=O)cc1. The van der Waals surface area contributed by atoms with Gasteiger partial charge in [0, 0.05) is 25.2 Å². The highest BCUT2D eigenvalue weighted by Gasteiger charge is 2.47. The molecular weight excluding hydrogens is 438 g/mol.